The average Bonchev–Trinajstić information content (AvgIpc) is 2.24. The van der Waals surface area contributed by atoms with Crippen LogP contribution in [0.2, 0.25) is 0 Å². The Labute approximate surface area is 87.7 Å². The van der Waals surface area contributed by atoms with Gasteiger partial charge in [-0.2, -0.15) is 0 Å². The van der Waals surface area contributed by atoms with Gasteiger partial charge >= 0.3 is 0 Å². The molecule has 0 aliphatic heterocycles. The van der Waals surface area contributed by atoms with Crippen LogP contribution in [-0.2, 0) is 4.79 Å². The first-order valence-electron chi connectivity index (χ1n) is 5.17. The lowest BCUT2D eigenvalue weighted by atomic mass is 9.94. The van der Waals surface area contributed by atoms with Crippen LogP contribution in [0.3, 0.4) is 0 Å². The highest BCUT2D eigenvalue weighted by Crippen LogP contribution is 2.24. The summed E-state index contributed by atoms with van der Waals surface area (Å²) in [7, 11) is 0. The van der Waals surface area contributed by atoms with Gasteiger partial charge in [-0.05, 0) is 25.0 Å². The highest BCUT2D eigenvalue weighted by Gasteiger charge is 2.20. The van der Waals surface area contributed by atoms with E-state index in [9.17, 15) is 9.59 Å². The summed E-state index contributed by atoms with van der Waals surface area (Å²) in [4.78, 5) is 22.8. The van der Waals surface area contributed by atoms with Gasteiger partial charge in [0.2, 0.25) is 0 Å². The lowest BCUT2D eigenvalue weighted by molar-refractivity contribution is -0.120. The Morgan fingerprint density at radius 3 is 2.60 bits per heavy atom. The van der Waals surface area contributed by atoms with Crippen LogP contribution in [-0.4, -0.2) is 10.4 Å². The third kappa shape index (κ3) is 1.93. The second-order valence-corrected chi connectivity index (χ2v) is 3.95. The number of aromatic nitrogens is 1. The van der Waals surface area contributed by atoms with Crippen molar-refractivity contribution in [2.45, 2.75) is 31.7 Å². The van der Waals surface area contributed by atoms with Gasteiger partial charge in [0.1, 0.15) is 5.78 Å². The Balaban J connectivity index is 2.27. The Morgan fingerprint density at radius 2 is 1.93 bits per heavy atom. The average molecular weight is 206 g/mol. The van der Waals surface area contributed by atoms with Gasteiger partial charge in [-0.15, -0.1) is 0 Å². The molecule has 0 amide bonds. The molecule has 1 aliphatic carbocycles. The van der Waals surface area contributed by atoms with Crippen molar-refractivity contribution in [3.05, 3.63) is 28.7 Å². The number of ketones is 1. The summed E-state index contributed by atoms with van der Waals surface area (Å²) in [6, 6.07) is 3.51. The zero-order chi connectivity index (χ0) is 10.8. The maximum Gasteiger partial charge on any atom is 0.273 e. The molecule has 0 saturated heterocycles. The SMILES string of the molecule is Nc1cccn(C2CCC(=O)CC2)c1=O. The van der Waals surface area contributed by atoms with E-state index in [4.69, 9.17) is 5.73 Å². The molecule has 1 heterocycles. The van der Waals surface area contributed by atoms with Crippen LogP contribution in [0.15, 0.2) is 23.1 Å². The minimum atomic E-state index is -0.142. The van der Waals surface area contributed by atoms with Crippen molar-refractivity contribution in [1.29, 1.82) is 0 Å². The molecule has 0 atom stereocenters. The van der Waals surface area contributed by atoms with Crippen LogP contribution < -0.4 is 11.3 Å². The fraction of sp³-hybridized carbons (Fsp3) is 0.455. The van der Waals surface area contributed by atoms with Gasteiger partial charge in [0.25, 0.3) is 5.56 Å². The molecule has 2 rings (SSSR count). The monoisotopic (exact) mass is 206 g/mol. The minimum absolute atomic E-state index is 0.138. The number of anilines is 1. The standard InChI is InChI=1S/C11H14N2O2/c12-10-2-1-7-13(11(10)15)8-3-5-9(14)6-4-8/h1-2,7-8H,3-6,12H2. The highest BCUT2D eigenvalue weighted by atomic mass is 16.1. The molecule has 0 aromatic carbocycles. The Bertz CT molecular complexity index is 426. The maximum absolute atomic E-state index is 11.7. The van der Waals surface area contributed by atoms with E-state index in [-0.39, 0.29) is 17.3 Å². The molecule has 0 radical (unpaired) electrons. The molecule has 15 heavy (non-hydrogen) atoms. The molecule has 0 bridgehead atoms. The van der Waals surface area contributed by atoms with E-state index in [0.717, 1.165) is 12.8 Å². The predicted molar refractivity (Wildman–Crippen MR) is 57.6 cm³/mol. The van der Waals surface area contributed by atoms with Crippen molar-refractivity contribution in [3.8, 4) is 0 Å². The normalized spacial score (nSPS) is 18.0. The molecule has 0 spiro atoms. The molecular weight excluding hydrogens is 192 g/mol. The summed E-state index contributed by atoms with van der Waals surface area (Å²) in [5, 5.41) is 0. The van der Waals surface area contributed by atoms with E-state index in [0.29, 0.717) is 18.6 Å². The molecule has 1 aromatic rings. The van der Waals surface area contributed by atoms with E-state index < -0.39 is 0 Å². The third-order valence-electron chi connectivity index (χ3n) is 2.91. The lowest BCUT2D eigenvalue weighted by Crippen LogP contribution is -2.28. The van der Waals surface area contributed by atoms with Crippen molar-refractivity contribution in [1.82, 2.24) is 4.57 Å². The summed E-state index contributed by atoms with van der Waals surface area (Å²) in [6.45, 7) is 0. The summed E-state index contributed by atoms with van der Waals surface area (Å²) in [5.41, 5.74) is 5.69. The molecule has 80 valence electrons. The van der Waals surface area contributed by atoms with Gasteiger partial charge < -0.3 is 10.3 Å². The van der Waals surface area contributed by atoms with Crippen molar-refractivity contribution >= 4 is 11.5 Å². The molecular formula is C11H14N2O2. The van der Waals surface area contributed by atoms with Gasteiger partial charge in [0.15, 0.2) is 0 Å². The third-order valence-corrected chi connectivity index (χ3v) is 2.91. The number of pyridine rings is 1. The van der Waals surface area contributed by atoms with Crippen LogP contribution in [0.25, 0.3) is 0 Å². The smallest absolute Gasteiger partial charge is 0.273 e. The van der Waals surface area contributed by atoms with E-state index in [1.807, 2.05) is 0 Å². The van der Waals surface area contributed by atoms with Gasteiger partial charge in [0.05, 0.1) is 5.69 Å². The van der Waals surface area contributed by atoms with Gasteiger partial charge in [-0.3, -0.25) is 9.59 Å². The zero-order valence-corrected chi connectivity index (χ0v) is 8.48. The molecule has 1 aromatic heterocycles. The van der Waals surface area contributed by atoms with E-state index >= 15 is 0 Å². The maximum atomic E-state index is 11.7. The molecule has 4 heteroatoms. The Hall–Kier alpha value is -1.58. The van der Waals surface area contributed by atoms with Crippen LogP contribution in [0.4, 0.5) is 5.69 Å². The summed E-state index contributed by atoms with van der Waals surface area (Å²) in [5.74, 6) is 0.295. The number of hydrogen-bond donors (Lipinski definition) is 1. The zero-order valence-electron chi connectivity index (χ0n) is 8.48. The molecule has 4 nitrogen and oxygen atoms in total. The van der Waals surface area contributed by atoms with Gasteiger partial charge in [0, 0.05) is 25.1 Å². The summed E-state index contributed by atoms with van der Waals surface area (Å²) < 4.78 is 1.65. The first-order valence-corrected chi connectivity index (χ1v) is 5.17. The number of nitrogen functional groups attached to an aromatic ring is 1. The lowest BCUT2D eigenvalue weighted by Gasteiger charge is -2.23. The van der Waals surface area contributed by atoms with Crippen molar-refractivity contribution < 1.29 is 4.79 Å². The second-order valence-electron chi connectivity index (χ2n) is 3.95. The number of carbonyl (C=O) groups excluding carboxylic acids is 1. The number of rotatable bonds is 1. The number of nitrogens with zero attached hydrogens (tertiary/aromatic N) is 1. The van der Waals surface area contributed by atoms with Crippen molar-refractivity contribution in [3.63, 3.8) is 0 Å². The molecule has 2 N–H and O–H groups in total. The Kier molecular flexibility index (Phi) is 2.58. The first-order chi connectivity index (χ1) is 7.18. The van der Waals surface area contributed by atoms with Gasteiger partial charge in [-0.25, -0.2) is 0 Å². The highest BCUT2D eigenvalue weighted by molar-refractivity contribution is 5.79. The number of carbonyl (C=O) groups is 1. The van der Waals surface area contributed by atoms with Crippen molar-refractivity contribution in [2.24, 2.45) is 0 Å². The van der Waals surface area contributed by atoms with Crippen molar-refractivity contribution in [2.75, 3.05) is 5.73 Å². The summed E-state index contributed by atoms with van der Waals surface area (Å²) in [6.07, 6.45) is 4.40. The van der Waals surface area contributed by atoms with E-state index in [2.05, 4.69) is 0 Å². The van der Waals surface area contributed by atoms with Crippen LogP contribution in [0.5, 0.6) is 0 Å². The number of hydrogen-bond acceptors (Lipinski definition) is 3. The largest absolute Gasteiger partial charge is 0.394 e. The second kappa shape index (κ2) is 3.88. The van der Waals surface area contributed by atoms with E-state index in [1.165, 1.54) is 0 Å². The fourth-order valence-corrected chi connectivity index (χ4v) is 2.02. The Morgan fingerprint density at radius 1 is 1.27 bits per heavy atom. The summed E-state index contributed by atoms with van der Waals surface area (Å²) >= 11 is 0. The first kappa shape index (κ1) is 9.96. The van der Waals surface area contributed by atoms with Gasteiger partial charge in [-0.1, -0.05) is 0 Å². The topological polar surface area (TPSA) is 65.1 Å². The molecule has 1 fully saturated rings. The predicted octanol–water partition coefficient (Wildman–Crippen LogP) is 1.11. The number of nitrogens with two attached hydrogens (primary N) is 1. The molecule has 0 unspecified atom stereocenters. The quantitative estimate of drug-likeness (QED) is 0.748. The number of Topliss-reactive ketones (excluding diaryl/α,β-unsaturated/α-hetero) is 1. The molecule has 1 saturated carbocycles. The van der Waals surface area contributed by atoms with Crippen LogP contribution in [0, 0.1) is 0 Å². The fourth-order valence-electron chi connectivity index (χ4n) is 2.02. The van der Waals surface area contributed by atoms with Crippen LogP contribution in [0.1, 0.15) is 31.7 Å². The molecule has 1 aliphatic rings. The van der Waals surface area contributed by atoms with E-state index in [1.54, 1.807) is 22.9 Å². The van der Waals surface area contributed by atoms with Crippen LogP contribution >= 0.6 is 0 Å². The minimum Gasteiger partial charge on any atom is -0.394 e.